The topological polar surface area (TPSA) is 49.7 Å². The molecule has 17 heavy (non-hydrogen) atoms. The first-order chi connectivity index (χ1) is 7.98. The van der Waals surface area contributed by atoms with Crippen molar-refractivity contribution in [2.45, 2.75) is 25.8 Å². The molecule has 1 atom stereocenters. The molecule has 4 heteroatoms. The van der Waals surface area contributed by atoms with Gasteiger partial charge in [0.1, 0.15) is 0 Å². The summed E-state index contributed by atoms with van der Waals surface area (Å²) in [7, 11) is 0. The van der Waals surface area contributed by atoms with E-state index in [1.54, 1.807) is 11.8 Å². The van der Waals surface area contributed by atoms with Gasteiger partial charge in [-0.15, -0.1) is 11.8 Å². The molecule has 0 aliphatic carbocycles. The fourth-order valence-corrected chi connectivity index (χ4v) is 3.00. The fraction of sp³-hybridized carbons (Fsp3) is 0.385. The second-order valence-corrected chi connectivity index (χ2v) is 5.60. The number of aliphatic imine (C=N–C) groups is 1. The Morgan fingerprint density at radius 3 is 2.71 bits per heavy atom. The number of hydrogen-bond donors (Lipinski definition) is 1. The summed E-state index contributed by atoms with van der Waals surface area (Å²) in [6.07, 6.45) is 0.0926. The first-order valence-electron chi connectivity index (χ1n) is 5.50. The molecule has 1 unspecified atom stereocenters. The van der Waals surface area contributed by atoms with E-state index in [1.807, 2.05) is 38.1 Å². The Kier molecular flexibility index (Phi) is 3.24. The molecular weight excluding hydrogens is 234 g/mol. The highest BCUT2D eigenvalue weighted by Crippen LogP contribution is 2.33. The van der Waals surface area contributed by atoms with Crippen LogP contribution in [-0.4, -0.2) is 27.4 Å². The average Bonchev–Trinajstić information content (AvgIpc) is 2.60. The lowest BCUT2D eigenvalue weighted by atomic mass is 10.0. The molecule has 90 valence electrons. The zero-order chi connectivity index (χ0) is 12.5. The number of carbonyl (C=O) groups is 1. The van der Waals surface area contributed by atoms with Gasteiger partial charge in [-0.05, 0) is 13.8 Å². The van der Waals surface area contributed by atoms with E-state index in [1.165, 1.54) is 5.56 Å². The highest BCUT2D eigenvalue weighted by molar-refractivity contribution is 8.14. The number of carboxylic acid groups (broad SMARTS) is 1. The molecule has 1 aromatic rings. The van der Waals surface area contributed by atoms with E-state index in [0.717, 1.165) is 16.4 Å². The van der Waals surface area contributed by atoms with E-state index < -0.39 is 11.5 Å². The van der Waals surface area contributed by atoms with Crippen molar-refractivity contribution in [3.8, 4) is 0 Å². The second-order valence-electron chi connectivity index (χ2n) is 4.64. The molecule has 0 radical (unpaired) electrons. The van der Waals surface area contributed by atoms with Gasteiger partial charge in [0.25, 0.3) is 0 Å². The highest BCUT2D eigenvalue weighted by Gasteiger charge is 2.33. The molecule has 1 aromatic carbocycles. The van der Waals surface area contributed by atoms with Gasteiger partial charge >= 0.3 is 5.97 Å². The van der Waals surface area contributed by atoms with Gasteiger partial charge < -0.3 is 5.11 Å². The van der Waals surface area contributed by atoms with Crippen molar-refractivity contribution in [1.82, 2.24) is 0 Å². The van der Waals surface area contributed by atoms with Gasteiger partial charge in [-0.25, -0.2) is 0 Å². The maximum absolute atomic E-state index is 10.8. The van der Waals surface area contributed by atoms with E-state index in [2.05, 4.69) is 4.99 Å². The Bertz CT molecular complexity index is 467. The van der Waals surface area contributed by atoms with Crippen LogP contribution < -0.4 is 0 Å². The molecule has 0 aromatic heterocycles. The van der Waals surface area contributed by atoms with Crippen LogP contribution in [0.15, 0.2) is 29.3 Å². The molecule has 1 heterocycles. The van der Waals surface area contributed by atoms with Crippen LogP contribution in [0.2, 0.25) is 0 Å². The molecule has 1 aliphatic rings. The van der Waals surface area contributed by atoms with Crippen LogP contribution in [0.3, 0.4) is 0 Å². The van der Waals surface area contributed by atoms with Gasteiger partial charge in [-0.3, -0.25) is 9.79 Å². The minimum Gasteiger partial charge on any atom is -0.481 e. The molecule has 1 aliphatic heterocycles. The van der Waals surface area contributed by atoms with E-state index >= 15 is 0 Å². The Balaban J connectivity index is 2.21. The van der Waals surface area contributed by atoms with Gasteiger partial charge in [-0.1, -0.05) is 29.8 Å². The fourth-order valence-electron chi connectivity index (χ4n) is 1.79. The van der Waals surface area contributed by atoms with Gasteiger partial charge in [-0.2, -0.15) is 0 Å². The summed E-state index contributed by atoms with van der Waals surface area (Å²) in [5.74, 6) is -0.0512. The van der Waals surface area contributed by atoms with Gasteiger partial charge in [0, 0.05) is 11.3 Å². The predicted molar refractivity (Wildman–Crippen MR) is 70.8 cm³/mol. The zero-order valence-corrected chi connectivity index (χ0v) is 10.8. The van der Waals surface area contributed by atoms with Crippen molar-refractivity contribution in [1.29, 1.82) is 0 Å². The summed E-state index contributed by atoms with van der Waals surface area (Å²) in [5, 5.41) is 9.81. The third-order valence-electron chi connectivity index (χ3n) is 2.72. The first-order valence-corrected chi connectivity index (χ1v) is 6.49. The average molecular weight is 249 g/mol. The molecule has 0 amide bonds. The van der Waals surface area contributed by atoms with E-state index in [-0.39, 0.29) is 6.42 Å². The Hall–Kier alpha value is -1.29. The minimum absolute atomic E-state index is 0.0926. The number of aryl methyl sites for hydroxylation is 1. The standard InChI is InChI=1S/C13H15NO2S/c1-9-3-5-10(6-4-9)12-14-13(2,8-17-12)7-11(15)16/h3-6H,7-8H2,1-2H3,(H,15,16). The SMILES string of the molecule is Cc1ccc(C2=NC(C)(CC(=O)O)CS2)cc1. The van der Waals surface area contributed by atoms with Crippen molar-refractivity contribution in [2.24, 2.45) is 4.99 Å². The number of rotatable bonds is 3. The minimum atomic E-state index is -0.790. The summed E-state index contributed by atoms with van der Waals surface area (Å²) < 4.78 is 0. The second kappa shape index (κ2) is 4.53. The largest absolute Gasteiger partial charge is 0.481 e. The molecule has 0 bridgehead atoms. The number of benzene rings is 1. The van der Waals surface area contributed by atoms with Gasteiger partial charge in [0.15, 0.2) is 0 Å². The monoisotopic (exact) mass is 249 g/mol. The van der Waals surface area contributed by atoms with Crippen LogP contribution in [0.1, 0.15) is 24.5 Å². The van der Waals surface area contributed by atoms with Crippen molar-refractivity contribution in [3.63, 3.8) is 0 Å². The van der Waals surface area contributed by atoms with Crippen molar-refractivity contribution in [2.75, 3.05) is 5.75 Å². The van der Waals surface area contributed by atoms with E-state index in [0.29, 0.717) is 0 Å². The summed E-state index contributed by atoms with van der Waals surface area (Å²) in [4.78, 5) is 15.3. The van der Waals surface area contributed by atoms with Crippen LogP contribution in [0.5, 0.6) is 0 Å². The molecule has 0 saturated heterocycles. The maximum atomic E-state index is 10.8. The van der Waals surface area contributed by atoms with Crippen molar-refractivity contribution in [3.05, 3.63) is 35.4 Å². The number of carboxylic acids is 1. The van der Waals surface area contributed by atoms with Gasteiger partial charge in [0.2, 0.25) is 0 Å². The third kappa shape index (κ3) is 2.88. The summed E-state index contributed by atoms with van der Waals surface area (Å²) >= 11 is 1.64. The number of aliphatic carboxylic acids is 1. The summed E-state index contributed by atoms with van der Waals surface area (Å²) in [6.45, 7) is 3.94. The molecule has 3 nitrogen and oxygen atoms in total. The Morgan fingerprint density at radius 1 is 1.47 bits per heavy atom. The zero-order valence-electron chi connectivity index (χ0n) is 9.93. The summed E-state index contributed by atoms with van der Waals surface area (Å²) in [6, 6.07) is 8.16. The summed E-state index contributed by atoms with van der Waals surface area (Å²) in [5.41, 5.74) is 1.83. The molecule has 0 fully saturated rings. The van der Waals surface area contributed by atoms with Gasteiger partial charge in [0.05, 0.1) is 17.0 Å². The van der Waals surface area contributed by atoms with Crippen LogP contribution in [-0.2, 0) is 4.79 Å². The predicted octanol–water partition coefficient (Wildman–Crippen LogP) is 2.72. The van der Waals surface area contributed by atoms with Crippen LogP contribution >= 0.6 is 11.8 Å². The van der Waals surface area contributed by atoms with E-state index in [4.69, 9.17) is 5.11 Å². The molecular formula is C13H15NO2S. The molecule has 2 rings (SSSR count). The maximum Gasteiger partial charge on any atom is 0.305 e. The normalized spacial score (nSPS) is 23.5. The van der Waals surface area contributed by atoms with Crippen molar-refractivity contribution >= 4 is 22.8 Å². The smallest absolute Gasteiger partial charge is 0.305 e. The highest BCUT2D eigenvalue weighted by atomic mass is 32.2. The number of hydrogen-bond acceptors (Lipinski definition) is 3. The van der Waals surface area contributed by atoms with Crippen LogP contribution in [0.25, 0.3) is 0 Å². The Morgan fingerprint density at radius 2 is 2.12 bits per heavy atom. The first kappa shape index (κ1) is 12.2. The van der Waals surface area contributed by atoms with Crippen LogP contribution in [0, 0.1) is 6.92 Å². The third-order valence-corrected chi connectivity index (χ3v) is 4.09. The lowest BCUT2D eigenvalue weighted by molar-refractivity contribution is -0.138. The van der Waals surface area contributed by atoms with Crippen LogP contribution in [0.4, 0.5) is 0 Å². The Labute approximate surface area is 105 Å². The molecule has 0 saturated carbocycles. The van der Waals surface area contributed by atoms with Crippen molar-refractivity contribution < 1.29 is 9.90 Å². The lowest BCUT2D eigenvalue weighted by Gasteiger charge is -2.15. The number of nitrogens with zero attached hydrogens (tertiary/aromatic N) is 1. The molecule has 1 N–H and O–H groups in total. The molecule has 0 spiro atoms. The number of thioether (sulfide) groups is 1. The van der Waals surface area contributed by atoms with E-state index in [9.17, 15) is 4.79 Å². The lowest BCUT2D eigenvalue weighted by Crippen LogP contribution is -2.25. The quantitative estimate of drug-likeness (QED) is 0.896.